The van der Waals surface area contributed by atoms with Crippen LogP contribution in [0.1, 0.15) is 32.0 Å². The summed E-state index contributed by atoms with van der Waals surface area (Å²) in [6.45, 7) is 2.04. The minimum atomic E-state index is -0.403. The van der Waals surface area contributed by atoms with Gasteiger partial charge in [-0.3, -0.25) is 9.59 Å². The van der Waals surface area contributed by atoms with E-state index in [0.29, 0.717) is 22.5 Å². The summed E-state index contributed by atoms with van der Waals surface area (Å²) in [5, 5.41) is 5.82. The van der Waals surface area contributed by atoms with E-state index in [1.807, 2.05) is 6.07 Å². The van der Waals surface area contributed by atoms with Crippen LogP contribution in [-0.4, -0.2) is 16.8 Å². The SMILES string of the molecule is Cc1cc(C(=O)NCc2cccc(NC(=O)c3ccc(F)cc3)c2)cc(Cl)n1. The Bertz CT molecular complexity index is 1000. The van der Waals surface area contributed by atoms with E-state index in [0.717, 1.165) is 5.56 Å². The average Bonchev–Trinajstić information content (AvgIpc) is 2.66. The molecule has 2 N–H and O–H groups in total. The Balaban J connectivity index is 1.63. The smallest absolute Gasteiger partial charge is 0.255 e. The average molecular weight is 398 g/mol. The Kier molecular flexibility index (Phi) is 6.01. The molecule has 0 fully saturated rings. The second-order valence-corrected chi connectivity index (χ2v) is 6.55. The lowest BCUT2D eigenvalue weighted by Crippen LogP contribution is -2.23. The molecule has 0 unspecified atom stereocenters. The van der Waals surface area contributed by atoms with Crippen molar-refractivity contribution in [2.75, 3.05) is 5.32 Å². The van der Waals surface area contributed by atoms with Crippen LogP contribution in [0.25, 0.3) is 0 Å². The zero-order chi connectivity index (χ0) is 20.1. The van der Waals surface area contributed by atoms with Crippen molar-refractivity contribution in [2.24, 2.45) is 0 Å². The summed E-state index contributed by atoms with van der Waals surface area (Å²) in [4.78, 5) is 28.6. The third kappa shape index (κ3) is 5.14. The lowest BCUT2D eigenvalue weighted by Gasteiger charge is -2.09. The lowest BCUT2D eigenvalue weighted by atomic mass is 10.1. The molecule has 0 spiro atoms. The number of anilines is 1. The standard InChI is InChI=1S/C21H17ClFN3O2/c1-13-9-16(11-19(22)25-13)20(27)24-12-14-3-2-4-18(10-14)26-21(28)15-5-7-17(23)8-6-15/h2-11H,12H2,1H3,(H,24,27)(H,26,28). The molecule has 0 bridgehead atoms. The second-order valence-electron chi connectivity index (χ2n) is 6.16. The summed E-state index contributed by atoms with van der Waals surface area (Å²) in [5.74, 6) is -1.02. The van der Waals surface area contributed by atoms with E-state index >= 15 is 0 Å². The van der Waals surface area contributed by atoms with Crippen molar-refractivity contribution in [2.45, 2.75) is 13.5 Å². The van der Waals surface area contributed by atoms with Gasteiger partial charge in [0.05, 0.1) is 0 Å². The Morgan fingerprint density at radius 3 is 2.46 bits per heavy atom. The summed E-state index contributed by atoms with van der Waals surface area (Å²) in [6.07, 6.45) is 0. The fourth-order valence-corrected chi connectivity index (χ4v) is 2.86. The minimum Gasteiger partial charge on any atom is -0.348 e. The van der Waals surface area contributed by atoms with Gasteiger partial charge in [0.2, 0.25) is 0 Å². The number of rotatable bonds is 5. The van der Waals surface area contributed by atoms with Gasteiger partial charge in [-0.25, -0.2) is 9.37 Å². The summed E-state index contributed by atoms with van der Waals surface area (Å²) in [6, 6.07) is 15.5. The fourth-order valence-electron chi connectivity index (χ4n) is 2.61. The molecule has 0 aliphatic carbocycles. The predicted octanol–water partition coefficient (Wildman–Crippen LogP) is 4.36. The van der Waals surface area contributed by atoms with Crippen LogP contribution in [0.2, 0.25) is 5.15 Å². The van der Waals surface area contributed by atoms with Gasteiger partial charge >= 0.3 is 0 Å². The predicted molar refractivity (Wildman–Crippen MR) is 106 cm³/mol. The monoisotopic (exact) mass is 397 g/mol. The van der Waals surface area contributed by atoms with Crippen LogP contribution in [0.3, 0.4) is 0 Å². The summed E-state index contributed by atoms with van der Waals surface area (Å²) < 4.78 is 13.0. The van der Waals surface area contributed by atoms with Gasteiger partial charge in [-0.15, -0.1) is 0 Å². The first-order chi connectivity index (χ1) is 13.4. The molecule has 2 amide bonds. The molecule has 0 aliphatic heterocycles. The Morgan fingerprint density at radius 2 is 1.75 bits per heavy atom. The number of carbonyl (C=O) groups excluding carboxylic acids is 2. The van der Waals surface area contributed by atoms with E-state index in [1.54, 1.807) is 31.2 Å². The molecule has 3 aromatic rings. The number of nitrogens with zero attached hydrogens (tertiary/aromatic N) is 1. The highest BCUT2D eigenvalue weighted by molar-refractivity contribution is 6.29. The molecule has 5 nitrogen and oxygen atoms in total. The molecule has 0 aliphatic rings. The van der Waals surface area contributed by atoms with Crippen LogP contribution in [0, 0.1) is 12.7 Å². The highest BCUT2D eigenvalue weighted by Gasteiger charge is 2.09. The molecule has 2 aromatic carbocycles. The minimum absolute atomic E-state index is 0.260. The van der Waals surface area contributed by atoms with Gasteiger partial charge in [0.15, 0.2) is 0 Å². The van der Waals surface area contributed by atoms with Crippen molar-refractivity contribution >= 4 is 29.1 Å². The third-order valence-electron chi connectivity index (χ3n) is 3.93. The van der Waals surface area contributed by atoms with Crippen LogP contribution < -0.4 is 10.6 Å². The number of amides is 2. The summed E-state index contributed by atoms with van der Waals surface area (Å²) >= 11 is 5.89. The quantitative estimate of drug-likeness (QED) is 0.628. The number of aromatic nitrogens is 1. The number of hydrogen-bond acceptors (Lipinski definition) is 3. The highest BCUT2D eigenvalue weighted by atomic mass is 35.5. The zero-order valence-electron chi connectivity index (χ0n) is 15.0. The van der Waals surface area contributed by atoms with Crippen LogP contribution >= 0.6 is 11.6 Å². The van der Waals surface area contributed by atoms with Crippen molar-refractivity contribution < 1.29 is 14.0 Å². The van der Waals surface area contributed by atoms with Crippen molar-refractivity contribution in [1.29, 1.82) is 0 Å². The van der Waals surface area contributed by atoms with Crippen molar-refractivity contribution in [1.82, 2.24) is 10.3 Å². The number of benzene rings is 2. The first-order valence-electron chi connectivity index (χ1n) is 8.49. The lowest BCUT2D eigenvalue weighted by molar-refractivity contribution is 0.0949. The number of nitrogens with one attached hydrogen (secondary N) is 2. The molecule has 1 aromatic heterocycles. The fraction of sp³-hybridized carbons (Fsp3) is 0.0952. The van der Waals surface area contributed by atoms with Crippen molar-refractivity contribution in [3.05, 3.63) is 94.0 Å². The number of hydrogen-bond donors (Lipinski definition) is 2. The Labute approximate surface area is 166 Å². The van der Waals surface area contributed by atoms with Crippen LogP contribution in [0.15, 0.2) is 60.7 Å². The van der Waals surface area contributed by atoms with Crippen LogP contribution in [0.5, 0.6) is 0 Å². The topological polar surface area (TPSA) is 71.1 Å². The number of carbonyl (C=O) groups is 2. The molecule has 0 radical (unpaired) electrons. The summed E-state index contributed by atoms with van der Waals surface area (Å²) in [7, 11) is 0. The van der Waals surface area contributed by atoms with Gasteiger partial charge in [0.25, 0.3) is 11.8 Å². The molecule has 3 rings (SSSR count). The van der Waals surface area contributed by atoms with Gasteiger partial charge in [-0.1, -0.05) is 23.7 Å². The first kappa shape index (κ1) is 19.5. The number of aryl methyl sites for hydroxylation is 1. The Hall–Kier alpha value is -3.25. The maximum absolute atomic E-state index is 13.0. The molecule has 142 valence electrons. The molecule has 28 heavy (non-hydrogen) atoms. The second kappa shape index (κ2) is 8.63. The van der Waals surface area contributed by atoms with E-state index in [2.05, 4.69) is 15.6 Å². The van der Waals surface area contributed by atoms with Crippen LogP contribution in [-0.2, 0) is 6.54 Å². The first-order valence-corrected chi connectivity index (χ1v) is 8.87. The normalized spacial score (nSPS) is 10.4. The van der Waals surface area contributed by atoms with Crippen molar-refractivity contribution in [3.63, 3.8) is 0 Å². The highest BCUT2D eigenvalue weighted by Crippen LogP contribution is 2.14. The van der Waals surface area contributed by atoms with Gasteiger partial charge in [0.1, 0.15) is 11.0 Å². The van der Waals surface area contributed by atoms with Gasteiger partial charge in [0, 0.05) is 29.1 Å². The van der Waals surface area contributed by atoms with E-state index < -0.39 is 5.82 Å². The summed E-state index contributed by atoms with van der Waals surface area (Å²) in [5.41, 5.74) is 2.82. The molecular formula is C21H17ClFN3O2. The van der Waals surface area contributed by atoms with E-state index in [1.165, 1.54) is 30.3 Å². The maximum Gasteiger partial charge on any atom is 0.255 e. The molecular weight excluding hydrogens is 381 g/mol. The van der Waals surface area contributed by atoms with E-state index in [9.17, 15) is 14.0 Å². The van der Waals surface area contributed by atoms with E-state index in [-0.39, 0.29) is 23.5 Å². The third-order valence-corrected chi connectivity index (χ3v) is 4.12. The number of pyridine rings is 1. The largest absolute Gasteiger partial charge is 0.348 e. The van der Waals surface area contributed by atoms with Crippen LogP contribution in [0.4, 0.5) is 10.1 Å². The molecule has 0 saturated heterocycles. The van der Waals surface area contributed by atoms with Gasteiger partial charge < -0.3 is 10.6 Å². The van der Waals surface area contributed by atoms with Gasteiger partial charge in [-0.2, -0.15) is 0 Å². The Morgan fingerprint density at radius 1 is 1.00 bits per heavy atom. The zero-order valence-corrected chi connectivity index (χ0v) is 15.8. The molecule has 0 atom stereocenters. The van der Waals surface area contributed by atoms with Gasteiger partial charge in [-0.05, 0) is 61.0 Å². The molecule has 7 heteroatoms. The molecule has 1 heterocycles. The van der Waals surface area contributed by atoms with E-state index in [4.69, 9.17) is 11.6 Å². The number of halogens is 2. The molecule has 0 saturated carbocycles. The maximum atomic E-state index is 13.0. The van der Waals surface area contributed by atoms with Crippen molar-refractivity contribution in [3.8, 4) is 0 Å².